The predicted octanol–water partition coefficient (Wildman–Crippen LogP) is 0.995. The molecular weight excluding hydrogens is 228 g/mol. The quantitative estimate of drug-likeness (QED) is 0.742. The van der Waals surface area contributed by atoms with E-state index in [4.69, 9.17) is 5.73 Å². The van der Waals surface area contributed by atoms with Gasteiger partial charge in [0, 0.05) is 31.7 Å². The highest BCUT2D eigenvalue weighted by Crippen LogP contribution is 2.20. The molecule has 0 spiro atoms. The highest BCUT2D eigenvalue weighted by molar-refractivity contribution is 5.51. The molecule has 2 atom stereocenters. The smallest absolute Gasteiger partial charge is 0.223 e. The summed E-state index contributed by atoms with van der Waals surface area (Å²) in [6, 6.07) is 2.94. The largest absolute Gasteiger partial charge is 0.373 e. The van der Waals surface area contributed by atoms with Gasteiger partial charge in [-0.15, -0.1) is 0 Å². The zero-order valence-corrected chi connectivity index (χ0v) is 11.3. The number of nitrogens with one attached hydrogen (secondary N) is 2. The van der Waals surface area contributed by atoms with Crippen LogP contribution in [0.4, 0.5) is 17.6 Å². The molecule has 2 rings (SSSR count). The van der Waals surface area contributed by atoms with Gasteiger partial charge < -0.3 is 21.3 Å². The summed E-state index contributed by atoms with van der Waals surface area (Å²) in [6.07, 6.45) is 2.24. The predicted molar refractivity (Wildman–Crippen MR) is 74.7 cm³/mol. The van der Waals surface area contributed by atoms with Crippen LogP contribution in [0.2, 0.25) is 0 Å². The number of nitrogen functional groups attached to an aromatic ring is 1. The fourth-order valence-electron chi connectivity index (χ4n) is 2.30. The first kappa shape index (κ1) is 12.9. The Labute approximate surface area is 108 Å². The van der Waals surface area contributed by atoms with Gasteiger partial charge in [-0.3, -0.25) is 0 Å². The molecule has 1 aromatic rings. The zero-order chi connectivity index (χ0) is 13.1. The van der Waals surface area contributed by atoms with Crippen molar-refractivity contribution < 1.29 is 0 Å². The van der Waals surface area contributed by atoms with Crippen LogP contribution in [0.5, 0.6) is 0 Å². The van der Waals surface area contributed by atoms with Crippen molar-refractivity contribution in [1.29, 1.82) is 0 Å². The minimum atomic E-state index is 0.297. The van der Waals surface area contributed by atoms with Gasteiger partial charge in [0.2, 0.25) is 5.95 Å². The molecule has 1 fully saturated rings. The van der Waals surface area contributed by atoms with Gasteiger partial charge in [0.15, 0.2) is 0 Å². The third kappa shape index (κ3) is 3.01. The molecule has 1 saturated heterocycles. The summed E-state index contributed by atoms with van der Waals surface area (Å²) in [6.45, 7) is 3.36. The average molecular weight is 250 g/mol. The van der Waals surface area contributed by atoms with Crippen molar-refractivity contribution in [3.63, 3.8) is 0 Å². The maximum absolute atomic E-state index is 5.68. The topological polar surface area (TPSA) is 79.1 Å². The van der Waals surface area contributed by atoms with Crippen molar-refractivity contribution in [3.05, 3.63) is 6.07 Å². The van der Waals surface area contributed by atoms with Crippen molar-refractivity contribution in [3.8, 4) is 0 Å². The van der Waals surface area contributed by atoms with E-state index < -0.39 is 0 Å². The summed E-state index contributed by atoms with van der Waals surface area (Å²) in [5.41, 5.74) is 5.68. The van der Waals surface area contributed by atoms with Crippen LogP contribution in [0.25, 0.3) is 0 Å². The highest BCUT2D eigenvalue weighted by atomic mass is 15.2. The van der Waals surface area contributed by atoms with Gasteiger partial charge >= 0.3 is 0 Å². The van der Waals surface area contributed by atoms with E-state index in [2.05, 4.69) is 39.5 Å². The zero-order valence-electron chi connectivity index (χ0n) is 11.3. The van der Waals surface area contributed by atoms with Gasteiger partial charge in [0.25, 0.3) is 0 Å². The van der Waals surface area contributed by atoms with Crippen molar-refractivity contribution in [2.75, 3.05) is 37.0 Å². The van der Waals surface area contributed by atoms with E-state index in [1.807, 2.05) is 13.1 Å². The Morgan fingerprint density at radius 1 is 1.39 bits per heavy atom. The minimum Gasteiger partial charge on any atom is -0.373 e. The standard InChI is InChI=1S/C12H22N6/c1-8-6-9(4-5-18(8)3)15-11-7-10(14-2)16-12(13)17-11/h7-9H,4-6H2,1-3H3,(H4,13,14,15,16,17). The van der Waals surface area contributed by atoms with E-state index in [0.717, 1.165) is 31.0 Å². The van der Waals surface area contributed by atoms with Crippen LogP contribution >= 0.6 is 0 Å². The van der Waals surface area contributed by atoms with Crippen LogP contribution in [0.1, 0.15) is 19.8 Å². The molecule has 0 saturated carbocycles. The summed E-state index contributed by atoms with van der Waals surface area (Å²) in [4.78, 5) is 10.7. The highest BCUT2D eigenvalue weighted by Gasteiger charge is 2.22. The van der Waals surface area contributed by atoms with Crippen molar-refractivity contribution in [2.24, 2.45) is 0 Å². The molecule has 0 amide bonds. The Morgan fingerprint density at radius 2 is 2.11 bits per heavy atom. The van der Waals surface area contributed by atoms with Gasteiger partial charge in [-0.05, 0) is 26.8 Å². The first-order valence-corrected chi connectivity index (χ1v) is 6.37. The van der Waals surface area contributed by atoms with E-state index >= 15 is 0 Å². The number of hydrogen-bond acceptors (Lipinski definition) is 6. The number of likely N-dealkylation sites (tertiary alicyclic amines) is 1. The number of nitrogens with zero attached hydrogens (tertiary/aromatic N) is 3. The molecule has 6 heteroatoms. The minimum absolute atomic E-state index is 0.297. The molecule has 0 bridgehead atoms. The van der Waals surface area contributed by atoms with Gasteiger partial charge in [0.05, 0.1) is 0 Å². The van der Waals surface area contributed by atoms with Crippen molar-refractivity contribution in [2.45, 2.75) is 31.8 Å². The fraction of sp³-hybridized carbons (Fsp3) is 0.667. The summed E-state index contributed by atoms with van der Waals surface area (Å²) in [5, 5.41) is 6.43. The summed E-state index contributed by atoms with van der Waals surface area (Å²) >= 11 is 0. The SMILES string of the molecule is CNc1cc(NC2CCN(C)C(C)C2)nc(N)n1. The Kier molecular flexibility index (Phi) is 3.86. The lowest BCUT2D eigenvalue weighted by atomic mass is 9.99. The van der Waals surface area contributed by atoms with E-state index in [1.165, 1.54) is 0 Å². The van der Waals surface area contributed by atoms with E-state index in [-0.39, 0.29) is 0 Å². The molecule has 6 nitrogen and oxygen atoms in total. The average Bonchev–Trinajstić information content (AvgIpc) is 2.33. The van der Waals surface area contributed by atoms with Gasteiger partial charge in [-0.2, -0.15) is 9.97 Å². The maximum Gasteiger partial charge on any atom is 0.223 e. The normalized spacial score (nSPS) is 24.8. The third-order valence-electron chi connectivity index (χ3n) is 3.56. The number of rotatable bonds is 3. The van der Waals surface area contributed by atoms with Gasteiger partial charge in [0.1, 0.15) is 11.6 Å². The lowest BCUT2D eigenvalue weighted by Gasteiger charge is -2.35. The summed E-state index contributed by atoms with van der Waals surface area (Å²) in [5.74, 6) is 1.84. The van der Waals surface area contributed by atoms with Gasteiger partial charge in [-0.25, -0.2) is 0 Å². The maximum atomic E-state index is 5.68. The number of piperidine rings is 1. The third-order valence-corrected chi connectivity index (χ3v) is 3.56. The number of aromatic nitrogens is 2. The van der Waals surface area contributed by atoms with Crippen LogP contribution in [0.15, 0.2) is 6.07 Å². The first-order chi connectivity index (χ1) is 8.58. The molecule has 0 aromatic carbocycles. The Hall–Kier alpha value is -1.56. The molecule has 1 aliphatic heterocycles. The van der Waals surface area contributed by atoms with E-state index in [0.29, 0.717) is 18.0 Å². The Bertz CT molecular complexity index is 408. The second-order valence-electron chi connectivity index (χ2n) is 4.94. The van der Waals surface area contributed by atoms with Crippen molar-refractivity contribution in [1.82, 2.24) is 14.9 Å². The van der Waals surface area contributed by atoms with Crippen LogP contribution in [-0.4, -0.2) is 47.6 Å². The monoisotopic (exact) mass is 250 g/mol. The Morgan fingerprint density at radius 3 is 2.78 bits per heavy atom. The molecular formula is C12H22N6. The number of hydrogen-bond donors (Lipinski definition) is 3. The van der Waals surface area contributed by atoms with Crippen LogP contribution in [0.3, 0.4) is 0 Å². The van der Waals surface area contributed by atoms with Crippen molar-refractivity contribution >= 4 is 17.6 Å². The Balaban J connectivity index is 2.03. The molecule has 4 N–H and O–H groups in total. The molecule has 0 radical (unpaired) electrons. The van der Waals surface area contributed by atoms with E-state index in [9.17, 15) is 0 Å². The molecule has 18 heavy (non-hydrogen) atoms. The summed E-state index contributed by atoms with van der Waals surface area (Å²) < 4.78 is 0. The van der Waals surface area contributed by atoms with Gasteiger partial charge in [-0.1, -0.05) is 0 Å². The molecule has 1 aromatic heterocycles. The van der Waals surface area contributed by atoms with Crippen LogP contribution < -0.4 is 16.4 Å². The lowest BCUT2D eigenvalue weighted by molar-refractivity contribution is 0.190. The van der Waals surface area contributed by atoms with Crippen LogP contribution in [-0.2, 0) is 0 Å². The second-order valence-corrected chi connectivity index (χ2v) is 4.94. The molecule has 100 valence electrons. The molecule has 1 aliphatic rings. The first-order valence-electron chi connectivity index (χ1n) is 6.37. The second kappa shape index (κ2) is 5.39. The molecule has 0 aliphatic carbocycles. The fourth-order valence-corrected chi connectivity index (χ4v) is 2.30. The number of anilines is 3. The van der Waals surface area contributed by atoms with Crippen LogP contribution in [0, 0.1) is 0 Å². The lowest BCUT2D eigenvalue weighted by Crippen LogP contribution is -2.42. The molecule has 2 heterocycles. The summed E-state index contributed by atoms with van der Waals surface area (Å²) in [7, 11) is 3.99. The van der Waals surface area contributed by atoms with E-state index in [1.54, 1.807) is 0 Å². The number of nitrogens with two attached hydrogens (primary N) is 1. The molecule has 2 unspecified atom stereocenters.